The van der Waals surface area contributed by atoms with Crippen molar-refractivity contribution in [2.45, 2.75) is 26.8 Å². The fourth-order valence-electron chi connectivity index (χ4n) is 1.85. The van der Waals surface area contributed by atoms with E-state index in [-0.39, 0.29) is 11.7 Å². The van der Waals surface area contributed by atoms with Crippen molar-refractivity contribution in [2.24, 2.45) is 0 Å². The Kier molecular flexibility index (Phi) is 5.24. The molecule has 0 fully saturated rings. The van der Waals surface area contributed by atoms with Gasteiger partial charge in [0.25, 0.3) is 5.69 Å². The zero-order valence-corrected chi connectivity index (χ0v) is 12.4. The molecule has 0 aliphatic carbocycles. The number of hydrogen-bond acceptors (Lipinski definition) is 4. The molecule has 104 valence electrons. The van der Waals surface area contributed by atoms with Gasteiger partial charge in [0.05, 0.1) is 17.6 Å². The highest BCUT2D eigenvalue weighted by atomic mass is 31.1. The van der Waals surface area contributed by atoms with Gasteiger partial charge < -0.3 is 4.74 Å². The quantitative estimate of drug-likeness (QED) is 0.454. The van der Waals surface area contributed by atoms with Crippen LogP contribution in [0.3, 0.4) is 0 Å². The van der Waals surface area contributed by atoms with E-state index in [9.17, 15) is 14.7 Å². The van der Waals surface area contributed by atoms with Crippen LogP contribution in [0.15, 0.2) is 18.2 Å². The Morgan fingerprint density at radius 1 is 1.47 bits per heavy atom. The maximum absolute atomic E-state index is 11.8. The monoisotopic (exact) mass is 285 g/mol. The highest BCUT2D eigenvalue weighted by Crippen LogP contribution is 2.40. The zero-order chi connectivity index (χ0) is 14.6. The summed E-state index contributed by atoms with van der Waals surface area (Å²) in [6.45, 7) is 7.52. The minimum Gasteiger partial charge on any atom is -0.494 e. The predicted molar refractivity (Wildman–Crippen MR) is 75.4 cm³/mol. The molecule has 0 amide bonds. The number of anilines is 1. The van der Waals surface area contributed by atoms with Crippen LogP contribution in [0.2, 0.25) is 0 Å². The van der Waals surface area contributed by atoms with E-state index in [1.54, 1.807) is 12.1 Å². The summed E-state index contributed by atoms with van der Waals surface area (Å²) in [5.74, 6) is 0.533. The van der Waals surface area contributed by atoms with Crippen molar-refractivity contribution < 1.29 is 14.2 Å². The molecule has 0 bridgehead atoms. The van der Waals surface area contributed by atoms with E-state index in [2.05, 4.69) is 0 Å². The fraction of sp³-hybridized carbons (Fsp3) is 0.500. The SMILES string of the molecule is CCOc1ccc([N+](=O)[O-])c(N(C(C)C)[P+](C)=O)c1. The Hall–Kier alpha value is -1.68. The van der Waals surface area contributed by atoms with Gasteiger partial charge in [-0.15, -0.1) is 0 Å². The topological polar surface area (TPSA) is 72.7 Å². The van der Waals surface area contributed by atoms with Gasteiger partial charge in [-0.1, -0.05) is 0 Å². The molecule has 1 unspecified atom stereocenters. The molecule has 0 aliphatic rings. The molecule has 19 heavy (non-hydrogen) atoms. The number of rotatable bonds is 6. The second kappa shape index (κ2) is 6.48. The minimum absolute atomic E-state index is 0.0673. The number of benzene rings is 1. The van der Waals surface area contributed by atoms with Gasteiger partial charge >= 0.3 is 7.95 Å². The summed E-state index contributed by atoms with van der Waals surface area (Å²) in [6, 6.07) is 4.39. The molecule has 0 heterocycles. The van der Waals surface area contributed by atoms with Crippen molar-refractivity contribution in [3.05, 3.63) is 28.3 Å². The first-order chi connectivity index (χ1) is 8.88. The van der Waals surface area contributed by atoms with Crippen LogP contribution in [-0.2, 0) is 4.57 Å². The number of nitrogens with zero attached hydrogens (tertiary/aromatic N) is 2. The van der Waals surface area contributed by atoms with E-state index in [1.165, 1.54) is 17.4 Å². The average molecular weight is 285 g/mol. The molecule has 0 radical (unpaired) electrons. The van der Waals surface area contributed by atoms with Gasteiger partial charge in [-0.05, 0) is 31.4 Å². The Bertz CT molecular complexity index is 491. The molecule has 0 saturated carbocycles. The van der Waals surface area contributed by atoms with Crippen molar-refractivity contribution in [1.82, 2.24) is 0 Å². The smallest absolute Gasteiger partial charge is 0.459 e. The van der Waals surface area contributed by atoms with Gasteiger partial charge in [0.2, 0.25) is 0 Å². The Morgan fingerprint density at radius 2 is 2.11 bits per heavy atom. The van der Waals surface area contributed by atoms with Gasteiger partial charge in [0.1, 0.15) is 5.75 Å². The van der Waals surface area contributed by atoms with Crippen LogP contribution in [0, 0.1) is 10.1 Å². The van der Waals surface area contributed by atoms with Gasteiger partial charge in [-0.25, -0.2) is 0 Å². The van der Waals surface area contributed by atoms with Crippen LogP contribution in [0.1, 0.15) is 20.8 Å². The number of ether oxygens (including phenoxy) is 1. The average Bonchev–Trinajstić information content (AvgIpc) is 2.28. The van der Waals surface area contributed by atoms with Crippen LogP contribution in [-0.4, -0.2) is 24.2 Å². The van der Waals surface area contributed by atoms with Crippen molar-refractivity contribution in [3.8, 4) is 5.75 Å². The Labute approximate surface area is 113 Å². The molecule has 0 aliphatic heterocycles. The number of hydrogen-bond donors (Lipinski definition) is 0. The van der Waals surface area contributed by atoms with E-state index in [1.807, 2.05) is 20.8 Å². The van der Waals surface area contributed by atoms with Crippen molar-refractivity contribution in [1.29, 1.82) is 0 Å². The first kappa shape index (κ1) is 15.4. The number of nitro benzene ring substituents is 1. The second-order valence-corrected chi connectivity index (χ2v) is 5.60. The van der Waals surface area contributed by atoms with Crippen LogP contribution >= 0.6 is 7.95 Å². The molecule has 0 aromatic heterocycles. The predicted octanol–water partition coefficient (Wildman–Crippen LogP) is 3.58. The van der Waals surface area contributed by atoms with E-state index in [0.717, 1.165) is 0 Å². The van der Waals surface area contributed by atoms with Gasteiger partial charge in [0.15, 0.2) is 12.4 Å². The van der Waals surface area contributed by atoms with Crippen molar-refractivity contribution in [3.63, 3.8) is 0 Å². The first-order valence-corrected chi connectivity index (χ1v) is 7.65. The molecule has 0 spiro atoms. The highest BCUT2D eigenvalue weighted by molar-refractivity contribution is 7.45. The summed E-state index contributed by atoms with van der Waals surface area (Å²) in [4.78, 5) is 10.6. The van der Waals surface area contributed by atoms with Crippen molar-refractivity contribution in [2.75, 3.05) is 17.9 Å². The number of nitro groups is 1. The second-order valence-electron chi connectivity index (χ2n) is 4.24. The first-order valence-electron chi connectivity index (χ1n) is 5.99. The third-order valence-corrected chi connectivity index (χ3v) is 3.78. The highest BCUT2D eigenvalue weighted by Gasteiger charge is 2.32. The van der Waals surface area contributed by atoms with E-state index in [0.29, 0.717) is 18.0 Å². The van der Waals surface area contributed by atoms with Crippen LogP contribution in [0.5, 0.6) is 5.75 Å². The van der Waals surface area contributed by atoms with E-state index >= 15 is 0 Å². The third-order valence-electron chi connectivity index (χ3n) is 2.49. The zero-order valence-electron chi connectivity index (χ0n) is 11.5. The van der Waals surface area contributed by atoms with Gasteiger partial charge in [0, 0.05) is 12.1 Å². The lowest BCUT2D eigenvalue weighted by molar-refractivity contribution is -0.384. The molecule has 1 aromatic rings. The summed E-state index contributed by atoms with van der Waals surface area (Å²) in [5, 5.41) is 11.1. The normalized spacial score (nSPS) is 11.3. The van der Waals surface area contributed by atoms with E-state index < -0.39 is 12.9 Å². The molecular weight excluding hydrogens is 267 g/mol. The summed E-state index contributed by atoms with van der Waals surface area (Å²) in [5.41, 5.74) is 0.261. The lowest BCUT2D eigenvalue weighted by Crippen LogP contribution is -2.23. The maximum atomic E-state index is 11.8. The molecule has 0 N–H and O–H groups in total. The van der Waals surface area contributed by atoms with Crippen molar-refractivity contribution >= 4 is 19.3 Å². The molecule has 1 aromatic carbocycles. The third kappa shape index (κ3) is 3.64. The molecule has 7 heteroatoms. The Balaban J connectivity index is 3.37. The van der Waals surface area contributed by atoms with Gasteiger partial charge in [-0.3, -0.25) is 10.1 Å². The maximum Gasteiger partial charge on any atom is 0.459 e. The van der Waals surface area contributed by atoms with Crippen LogP contribution in [0.25, 0.3) is 0 Å². The summed E-state index contributed by atoms with van der Waals surface area (Å²) >= 11 is 0. The largest absolute Gasteiger partial charge is 0.494 e. The minimum atomic E-state index is -1.72. The fourth-order valence-corrected chi connectivity index (χ4v) is 2.97. The lowest BCUT2D eigenvalue weighted by Gasteiger charge is -2.17. The van der Waals surface area contributed by atoms with Crippen LogP contribution < -0.4 is 9.41 Å². The summed E-state index contributed by atoms with van der Waals surface area (Å²) in [6.07, 6.45) is 0. The molecule has 0 saturated heterocycles. The Morgan fingerprint density at radius 3 is 2.53 bits per heavy atom. The molecule has 1 rings (SSSR count). The molecule has 1 atom stereocenters. The summed E-state index contributed by atoms with van der Waals surface area (Å²) < 4.78 is 18.7. The molecular formula is C12H18N2O4P+. The van der Waals surface area contributed by atoms with Crippen LogP contribution in [0.4, 0.5) is 11.4 Å². The van der Waals surface area contributed by atoms with Gasteiger partial charge in [-0.2, -0.15) is 4.67 Å². The van der Waals surface area contributed by atoms with E-state index in [4.69, 9.17) is 4.74 Å². The standard InChI is InChI=1S/C12H18N2O4P/c1-5-18-10-6-7-11(14(15)16)12(8-10)13(9(2)3)19(4)17/h6-9H,5H2,1-4H3/q+1. The lowest BCUT2D eigenvalue weighted by atomic mass is 10.2. The molecule has 6 nitrogen and oxygen atoms in total. The summed E-state index contributed by atoms with van der Waals surface area (Å²) in [7, 11) is -1.72.